The fourth-order valence-electron chi connectivity index (χ4n) is 6.26. The third kappa shape index (κ3) is 8.41. The SMILES string of the molecule is CC1=CC(C)CC(C)OC(=O)CC(c2ccc(O)cc2)NC(=O)C(c2c(O)c3ccccc3[nH]c2=O)N(C)C(=O)C(C)NC(=O)C(C)C1. The minimum atomic E-state index is -1.69. The number of aromatic amines is 1. The molecule has 1 aromatic heterocycles. The van der Waals surface area contributed by atoms with Crippen LogP contribution in [0.2, 0.25) is 0 Å². The lowest BCUT2D eigenvalue weighted by Crippen LogP contribution is -2.51. The summed E-state index contributed by atoms with van der Waals surface area (Å²) in [5.41, 5.74) is 0.533. The summed E-state index contributed by atoms with van der Waals surface area (Å²) in [4.78, 5) is 71.8. The molecule has 2 heterocycles. The Morgan fingerprint density at radius 1 is 0.854 bits per heavy atom. The van der Waals surface area contributed by atoms with E-state index < -0.39 is 64.8 Å². The Morgan fingerprint density at radius 3 is 2.21 bits per heavy atom. The number of esters is 1. The van der Waals surface area contributed by atoms with E-state index in [1.807, 2.05) is 19.9 Å². The highest BCUT2D eigenvalue weighted by Gasteiger charge is 2.37. The molecule has 6 atom stereocenters. The Balaban J connectivity index is 1.83. The number of benzene rings is 2. The molecule has 0 saturated carbocycles. The van der Waals surface area contributed by atoms with Gasteiger partial charge >= 0.3 is 5.97 Å². The lowest BCUT2D eigenvalue weighted by Gasteiger charge is -2.32. The number of phenolic OH excluding ortho intramolecular Hbond substituents is 1. The number of hydrogen-bond donors (Lipinski definition) is 5. The number of ether oxygens (including phenoxy) is 1. The van der Waals surface area contributed by atoms with Crippen LogP contribution >= 0.6 is 0 Å². The first kappa shape index (κ1) is 35.7. The number of pyridine rings is 1. The Morgan fingerprint density at radius 2 is 1.52 bits per heavy atom. The lowest BCUT2D eigenvalue weighted by molar-refractivity contribution is -0.150. The maximum absolute atomic E-state index is 14.3. The maximum atomic E-state index is 14.3. The van der Waals surface area contributed by atoms with Crippen molar-refractivity contribution in [1.29, 1.82) is 0 Å². The monoisotopic (exact) mass is 660 g/mol. The number of aromatic hydroxyl groups is 2. The highest BCUT2D eigenvalue weighted by atomic mass is 16.5. The van der Waals surface area contributed by atoms with Gasteiger partial charge in [0.05, 0.1) is 29.6 Å². The third-order valence-corrected chi connectivity index (χ3v) is 8.58. The Bertz CT molecular complexity index is 1770. The lowest BCUT2D eigenvalue weighted by atomic mass is 9.95. The second-order valence-corrected chi connectivity index (χ2v) is 12.8. The van der Waals surface area contributed by atoms with Crippen molar-refractivity contribution in [2.24, 2.45) is 11.8 Å². The molecule has 0 radical (unpaired) electrons. The van der Waals surface area contributed by atoms with Crippen LogP contribution < -0.4 is 16.2 Å². The normalized spacial score (nSPS) is 25.6. The number of nitrogens with one attached hydrogen (secondary N) is 3. The van der Waals surface area contributed by atoms with Crippen LogP contribution in [-0.4, -0.2) is 63.0 Å². The van der Waals surface area contributed by atoms with Gasteiger partial charge in [-0.05, 0) is 69.4 Å². The minimum absolute atomic E-state index is 0.0281. The predicted molar refractivity (Wildman–Crippen MR) is 180 cm³/mol. The number of fused-ring (bicyclic) bond motifs is 1. The van der Waals surface area contributed by atoms with Gasteiger partial charge in [0.2, 0.25) is 17.7 Å². The van der Waals surface area contributed by atoms with Crippen molar-refractivity contribution in [1.82, 2.24) is 20.5 Å². The van der Waals surface area contributed by atoms with Gasteiger partial charge in [-0.1, -0.05) is 49.8 Å². The number of rotatable bonds is 2. The van der Waals surface area contributed by atoms with Crippen LogP contribution in [0.3, 0.4) is 0 Å². The van der Waals surface area contributed by atoms with Gasteiger partial charge in [-0.15, -0.1) is 0 Å². The molecule has 12 nitrogen and oxygen atoms in total. The molecule has 0 aliphatic carbocycles. The highest BCUT2D eigenvalue weighted by Crippen LogP contribution is 2.33. The van der Waals surface area contributed by atoms with Crippen LogP contribution in [-0.2, 0) is 23.9 Å². The number of hydrogen-bond acceptors (Lipinski definition) is 8. The molecule has 0 bridgehead atoms. The molecule has 0 spiro atoms. The fraction of sp³-hybridized carbons (Fsp3) is 0.417. The molecule has 4 rings (SSSR count). The summed E-state index contributed by atoms with van der Waals surface area (Å²) in [6.07, 6.45) is 2.20. The largest absolute Gasteiger partial charge is 0.508 e. The number of carbonyl (C=O) groups is 4. The number of cyclic esters (lactones) is 1. The maximum Gasteiger partial charge on any atom is 0.308 e. The summed E-state index contributed by atoms with van der Waals surface area (Å²) < 4.78 is 5.73. The first-order chi connectivity index (χ1) is 22.7. The number of likely N-dealkylation sites (N-methyl/N-ethyl adjacent to an activating group) is 1. The van der Waals surface area contributed by atoms with Crippen LogP contribution in [0.25, 0.3) is 10.9 Å². The molecule has 3 aromatic rings. The predicted octanol–water partition coefficient (Wildman–Crippen LogP) is 4.14. The summed E-state index contributed by atoms with van der Waals surface area (Å²) >= 11 is 0. The highest BCUT2D eigenvalue weighted by molar-refractivity contribution is 5.95. The van der Waals surface area contributed by atoms with E-state index in [-0.39, 0.29) is 29.4 Å². The van der Waals surface area contributed by atoms with Gasteiger partial charge in [0.15, 0.2) is 0 Å². The number of aromatic nitrogens is 1. The molecule has 5 N–H and O–H groups in total. The van der Waals surface area contributed by atoms with Crippen molar-refractivity contribution in [3.8, 4) is 11.5 Å². The summed E-state index contributed by atoms with van der Waals surface area (Å²) in [5, 5.41) is 27.0. The molecular formula is C36H44N4O8. The van der Waals surface area contributed by atoms with Gasteiger partial charge in [0, 0.05) is 18.4 Å². The molecule has 0 saturated heterocycles. The number of carbonyl (C=O) groups excluding carboxylic acids is 4. The molecule has 0 fully saturated rings. The number of para-hydroxylation sites is 1. The molecule has 1 aliphatic heterocycles. The zero-order chi connectivity index (χ0) is 35.3. The topological polar surface area (TPSA) is 178 Å². The summed E-state index contributed by atoms with van der Waals surface area (Å²) in [5.74, 6) is -3.53. The quantitative estimate of drug-likeness (QED) is 0.201. The number of H-pyrrole nitrogens is 1. The van der Waals surface area contributed by atoms with E-state index in [1.165, 1.54) is 38.2 Å². The van der Waals surface area contributed by atoms with Crippen LogP contribution in [0.5, 0.6) is 11.5 Å². The number of phenols is 1. The van der Waals surface area contributed by atoms with E-state index in [1.54, 1.807) is 38.1 Å². The molecule has 256 valence electrons. The second kappa shape index (κ2) is 15.2. The van der Waals surface area contributed by atoms with Gasteiger partial charge in [-0.25, -0.2) is 0 Å². The van der Waals surface area contributed by atoms with Crippen molar-refractivity contribution in [3.05, 3.63) is 81.7 Å². The van der Waals surface area contributed by atoms with Crippen molar-refractivity contribution in [2.45, 2.75) is 78.1 Å². The van der Waals surface area contributed by atoms with Crippen molar-refractivity contribution in [2.75, 3.05) is 7.05 Å². The second-order valence-electron chi connectivity index (χ2n) is 12.8. The minimum Gasteiger partial charge on any atom is -0.508 e. The fourth-order valence-corrected chi connectivity index (χ4v) is 6.26. The number of amides is 3. The van der Waals surface area contributed by atoms with Crippen molar-refractivity contribution >= 4 is 34.6 Å². The van der Waals surface area contributed by atoms with Gasteiger partial charge in [0.1, 0.15) is 23.6 Å². The first-order valence-electron chi connectivity index (χ1n) is 16.0. The average molecular weight is 661 g/mol. The number of nitrogens with zero attached hydrogens (tertiary/aromatic N) is 1. The van der Waals surface area contributed by atoms with Gasteiger partial charge in [-0.2, -0.15) is 0 Å². The Kier molecular flexibility index (Phi) is 11.3. The first-order valence-corrected chi connectivity index (χ1v) is 16.0. The van der Waals surface area contributed by atoms with E-state index in [4.69, 9.17) is 4.74 Å². The van der Waals surface area contributed by atoms with Gasteiger partial charge in [-0.3, -0.25) is 24.0 Å². The average Bonchev–Trinajstić information content (AvgIpc) is 3.01. The van der Waals surface area contributed by atoms with Gasteiger partial charge < -0.3 is 35.5 Å². The summed E-state index contributed by atoms with van der Waals surface area (Å²) in [6, 6.07) is 8.54. The zero-order valence-electron chi connectivity index (χ0n) is 28.1. The van der Waals surface area contributed by atoms with Crippen LogP contribution in [0, 0.1) is 11.8 Å². The Labute approximate surface area is 279 Å². The van der Waals surface area contributed by atoms with E-state index in [2.05, 4.69) is 15.6 Å². The van der Waals surface area contributed by atoms with E-state index in [0.29, 0.717) is 23.9 Å². The van der Waals surface area contributed by atoms with Crippen molar-refractivity contribution in [3.63, 3.8) is 0 Å². The van der Waals surface area contributed by atoms with E-state index in [9.17, 15) is 34.2 Å². The molecule has 12 heteroatoms. The molecule has 48 heavy (non-hydrogen) atoms. The van der Waals surface area contributed by atoms with Crippen LogP contribution in [0.15, 0.2) is 65.0 Å². The molecule has 2 aromatic carbocycles. The molecule has 3 amide bonds. The van der Waals surface area contributed by atoms with Crippen molar-refractivity contribution < 1.29 is 34.1 Å². The summed E-state index contributed by atoms with van der Waals surface area (Å²) in [6.45, 7) is 8.90. The van der Waals surface area contributed by atoms with Crippen LogP contribution in [0.1, 0.15) is 77.1 Å². The zero-order valence-corrected chi connectivity index (χ0v) is 28.1. The smallest absolute Gasteiger partial charge is 0.308 e. The molecule has 6 unspecified atom stereocenters. The standard InChI is InChI=1S/C36H44N4O8/c1-19-15-20(2)17-22(4)48-29(42)18-28(24-11-13-25(41)14-12-24)39-35(46)31(40(6)36(47)23(5)37-33(44)21(3)16-19)30-32(43)26-9-7-8-10-27(26)38-34(30)45/h7-15,20-23,28,31,41H,16-18H2,1-6H3,(H,37,44)(H,39,46)(H2,38,43,45). The third-order valence-electron chi connectivity index (χ3n) is 8.58. The molecular weight excluding hydrogens is 616 g/mol. The van der Waals surface area contributed by atoms with Crippen LogP contribution in [0.4, 0.5) is 0 Å². The van der Waals surface area contributed by atoms with Gasteiger partial charge in [0.25, 0.3) is 5.56 Å². The molecule has 1 aliphatic rings. The van der Waals surface area contributed by atoms with E-state index >= 15 is 0 Å². The van der Waals surface area contributed by atoms with E-state index in [0.717, 1.165) is 10.5 Å². The summed E-state index contributed by atoms with van der Waals surface area (Å²) in [7, 11) is 1.30. The Hall–Kier alpha value is -5.13. The number of allylic oxidation sites excluding steroid dienone is 2.